The molecule has 1 aliphatic rings. The molecule has 1 heterocycles. The molecule has 0 aromatic heterocycles. The first-order valence-electron chi connectivity index (χ1n) is 8.47. The molecule has 9 heteroatoms. The summed E-state index contributed by atoms with van der Waals surface area (Å²) in [7, 11) is 0. The maximum atomic E-state index is 12.9. The molecule has 1 unspecified atom stereocenters. The molecular formula is C19H18N4O5. The zero-order valence-electron chi connectivity index (χ0n) is 15.3. The van der Waals surface area contributed by atoms with Gasteiger partial charge in [-0.25, -0.2) is 4.79 Å². The Morgan fingerprint density at radius 2 is 1.93 bits per heavy atom. The highest BCUT2D eigenvalue weighted by Gasteiger charge is 2.49. The Labute approximate surface area is 160 Å². The second-order valence-electron chi connectivity index (χ2n) is 6.62. The van der Waals surface area contributed by atoms with Crippen molar-refractivity contribution < 1.29 is 19.3 Å². The minimum absolute atomic E-state index is 0.198. The second-order valence-corrected chi connectivity index (χ2v) is 6.62. The summed E-state index contributed by atoms with van der Waals surface area (Å²) < 4.78 is 0. The first kappa shape index (κ1) is 19.0. The van der Waals surface area contributed by atoms with Crippen molar-refractivity contribution in [1.29, 1.82) is 0 Å². The molecule has 2 aromatic rings. The number of rotatable bonds is 5. The van der Waals surface area contributed by atoms with Crippen LogP contribution in [0.1, 0.15) is 18.1 Å². The van der Waals surface area contributed by atoms with Gasteiger partial charge in [-0.1, -0.05) is 30.3 Å². The van der Waals surface area contributed by atoms with Crippen molar-refractivity contribution in [3.63, 3.8) is 0 Å². The summed E-state index contributed by atoms with van der Waals surface area (Å²) in [5.74, 6) is -1.18. The summed E-state index contributed by atoms with van der Waals surface area (Å²) in [6.07, 6.45) is 0. The third kappa shape index (κ3) is 3.41. The van der Waals surface area contributed by atoms with E-state index < -0.39 is 34.9 Å². The van der Waals surface area contributed by atoms with Gasteiger partial charge in [0.1, 0.15) is 12.1 Å². The summed E-state index contributed by atoms with van der Waals surface area (Å²) >= 11 is 0. The average molecular weight is 382 g/mol. The van der Waals surface area contributed by atoms with E-state index in [4.69, 9.17) is 0 Å². The number of nitro benzene ring substituents is 1. The Morgan fingerprint density at radius 1 is 1.21 bits per heavy atom. The maximum Gasteiger partial charge on any atom is 0.325 e. The van der Waals surface area contributed by atoms with E-state index >= 15 is 0 Å². The molecule has 0 spiro atoms. The van der Waals surface area contributed by atoms with Crippen LogP contribution in [0.3, 0.4) is 0 Å². The van der Waals surface area contributed by atoms with Gasteiger partial charge in [0.2, 0.25) is 5.91 Å². The molecular weight excluding hydrogens is 364 g/mol. The van der Waals surface area contributed by atoms with Crippen molar-refractivity contribution in [2.75, 3.05) is 11.9 Å². The van der Waals surface area contributed by atoms with Gasteiger partial charge in [0.25, 0.3) is 11.6 Å². The smallest absolute Gasteiger partial charge is 0.324 e. The Bertz CT molecular complexity index is 990. The molecule has 0 radical (unpaired) electrons. The van der Waals surface area contributed by atoms with Crippen LogP contribution in [-0.4, -0.2) is 34.2 Å². The normalized spacial score (nSPS) is 18.7. The van der Waals surface area contributed by atoms with E-state index in [9.17, 15) is 24.5 Å². The summed E-state index contributed by atoms with van der Waals surface area (Å²) in [4.78, 5) is 48.7. The van der Waals surface area contributed by atoms with Crippen molar-refractivity contribution in [2.45, 2.75) is 19.4 Å². The van der Waals surface area contributed by atoms with Crippen LogP contribution in [0.25, 0.3) is 0 Å². The molecule has 3 rings (SSSR count). The van der Waals surface area contributed by atoms with Gasteiger partial charge in [0, 0.05) is 17.8 Å². The lowest BCUT2D eigenvalue weighted by Gasteiger charge is -2.22. The van der Waals surface area contributed by atoms with Crippen molar-refractivity contribution in [1.82, 2.24) is 10.2 Å². The highest BCUT2D eigenvalue weighted by Crippen LogP contribution is 2.30. The number of nitrogens with one attached hydrogen (secondary N) is 2. The molecule has 2 N–H and O–H groups in total. The molecule has 0 bridgehead atoms. The van der Waals surface area contributed by atoms with Crippen molar-refractivity contribution in [3.8, 4) is 0 Å². The predicted molar refractivity (Wildman–Crippen MR) is 101 cm³/mol. The van der Waals surface area contributed by atoms with Crippen LogP contribution >= 0.6 is 0 Å². The van der Waals surface area contributed by atoms with Crippen LogP contribution in [-0.2, 0) is 15.1 Å². The quantitative estimate of drug-likeness (QED) is 0.467. The molecule has 1 fully saturated rings. The lowest BCUT2D eigenvalue weighted by atomic mass is 9.91. The number of urea groups is 1. The Morgan fingerprint density at radius 3 is 2.61 bits per heavy atom. The number of amides is 4. The monoisotopic (exact) mass is 382 g/mol. The van der Waals surface area contributed by atoms with Crippen LogP contribution in [0.2, 0.25) is 0 Å². The fourth-order valence-corrected chi connectivity index (χ4v) is 3.01. The van der Waals surface area contributed by atoms with Gasteiger partial charge >= 0.3 is 6.03 Å². The topological polar surface area (TPSA) is 122 Å². The Hall–Kier alpha value is -3.75. The van der Waals surface area contributed by atoms with Gasteiger partial charge in [-0.05, 0) is 31.0 Å². The minimum Gasteiger partial charge on any atom is -0.324 e. The number of nitrogens with zero attached hydrogens (tertiary/aromatic N) is 2. The van der Waals surface area contributed by atoms with E-state index in [0.29, 0.717) is 5.69 Å². The van der Waals surface area contributed by atoms with Gasteiger partial charge in [-0.15, -0.1) is 0 Å². The molecule has 9 nitrogen and oxygen atoms in total. The summed E-state index contributed by atoms with van der Waals surface area (Å²) in [5, 5.41) is 16.2. The molecule has 2 aromatic carbocycles. The molecule has 1 atom stereocenters. The number of hydrogen-bond acceptors (Lipinski definition) is 5. The highest BCUT2D eigenvalue weighted by molar-refractivity contribution is 6.10. The van der Waals surface area contributed by atoms with Crippen molar-refractivity contribution >= 4 is 29.2 Å². The van der Waals surface area contributed by atoms with Crippen LogP contribution in [0.15, 0.2) is 48.5 Å². The fraction of sp³-hybridized carbons (Fsp3) is 0.211. The fourth-order valence-electron chi connectivity index (χ4n) is 3.01. The number of aryl methyl sites for hydroxylation is 1. The molecule has 0 aliphatic carbocycles. The lowest BCUT2D eigenvalue weighted by Crippen LogP contribution is -2.42. The number of anilines is 1. The number of para-hydroxylation sites is 1. The predicted octanol–water partition coefficient (Wildman–Crippen LogP) is 2.31. The summed E-state index contributed by atoms with van der Waals surface area (Å²) in [5.41, 5.74) is 0.000319. The van der Waals surface area contributed by atoms with Gasteiger partial charge in [0.15, 0.2) is 0 Å². The van der Waals surface area contributed by atoms with E-state index in [2.05, 4.69) is 10.6 Å². The van der Waals surface area contributed by atoms with E-state index in [1.807, 2.05) is 19.1 Å². The minimum atomic E-state index is -1.49. The lowest BCUT2D eigenvalue weighted by molar-refractivity contribution is -0.385. The largest absolute Gasteiger partial charge is 0.325 e. The molecule has 1 aliphatic heterocycles. The molecule has 1 saturated heterocycles. The third-order valence-corrected chi connectivity index (χ3v) is 4.63. The first-order valence-corrected chi connectivity index (χ1v) is 8.47. The van der Waals surface area contributed by atoms with Gasteiger partial charge in [-0.3, -0.25) is 24.6 Å². The number of non-ortho nitro benzene ring substituents is 1. The third-order valence-electron chi connectivity index (χ3n) is 4.63. The van der Waals surface area contributed by atoms with Gasteiger partial charge < -0.3 is 10.6 Å². The zero-order chi connectivity index (χ0) is 20.5. The first-order chi connectivity index (χ1) is 13.2. The Kier molecular flexibility index (Phi) is 4.83. The van der Waals surface area contributed by atoms with Gasteiger partial charge in [-0.2, -0.15) is 0 Å². The van der Waals surface area contributed by atoms with Crippen LogP contribution in [0.4, 0.5) is 16.2 Å². The molecule has 144 valence electrons. The van der Waals surface area contributed by atoms with Gasteiger partial charge in [0.05, 0.1) is 4.92 Å². The van der Waals surface area contributed by atoms with Crippen LogP contribution in [0.5, 0.6) is 0 Å². The number of nitro groups is 1. The zero-order valence-corrected chi connectivity index (χ0v) is 15.3. The Balaban J connectivity index is 1.79. The van der Waals surface area contributed by atoms with Crippen LogP contribution < -0.4 is 10.6 Å². The van der Waals surface area contributed by atoms with Crippen LogP contribution in [0, 0.1) is 17.0 Å². The van der Waals surface area contributed by atoms with E-state index in [1.54, 1.807) is 12.1 Å². The maximum absolute atomic E-state index is 12.9. The molecule has 28 heavy (non-hydrogen) atoms. The van der Waals surface area contributed by atoms with Crippen molar-refractivity contribution in [2.24, 2.45) is 0 Å². The molecule has 4 amide bonds. The number of imide groups is 1. The number of benzene rings is 2. The standard InChI is InChI=1S/C19H18N4O5/c1-12-6-3-4-9-15(12)20-16(24)11-22-17(25)19(2,21-18(22)26)13-7-5-8-14(10-13)23(27)28/h3-10H,11H2,1-2H3,(H,20,24)(H,21,26). The average Bonchev–Trinajstić information content (AvgIpc) is 2.88. The summed E-state index contributed by atoms with van der Waals surface area (Å²) in [6, 6.07) is 11.9. The second kappa shape index (κ2) is 7.10. The number of carbonyl (C=O) groups is 3. The summed E-state index contributed by atoms with van der Waals surface area (Å²) in [6.45, 7) is 2.80. The number of hydrogen-bond donors (Lipinski definition) is 2. The van der Waals surface area contributed by atoms with E-state index in [1.165, 1.54) is 31.2 Å². The highest BCUT2D eigenvalue weighted by atomic mass is 16.6. The van der Waals surface area contributed by atoms with Crippen molar-refractivity contribution in [3.05, 3.63) is 69.8 Å². The number of carbonyl (C=O) groups excluding carboxylic acids is 3. The van der Waals surface area contributed by atoms with E-state index in [0.717, 1.165) is 10.5 Å². The van der Waals surface area contributed by atoms with E-state index in [-0.39, 0.29) is 11.3 Å². The SMILES string of the molecule is Cc1ccccc1NC(=O)CN1C(=O)NC(C)(c2cccc([N+](=O)[O-])c2)C1=O. The molecule has 0 saturated carbocycles.